The van der Waals surface area contributed by atoms with Crippen molar-refractivity contribution in [1.82, 2.24) is 4.90 Å². The minimum absolute atomic E-state index is 0.0731. The number of benzene rings is 1. The number of amides is 1. The van der Waals surface area contributed by atoms with Gasteiger partial charge < -0.3 is 10.2 Å². The highest BCUT2D eigenvalue weighted by Crippen LogP contribution is 2.32. The fourth-order valence-electron chi connectivity index (χ4n) is 2.55. The molecule has 0 saturated carbocycles. The van der Waals surface area contributed by atoms with Crippen molar-refractivity contribution in [3.8, 4) is 6.07 Å². The van der Waals surface area contributed by atoms with Crippen LogP contribution in [0.3, 0.4) is 0 Å². The SMILES string of the molecule is CCN(CCC#N)C(=O)C1CCNc2ccccc21. The van der Waals surface area contributed by atoms with E-state index in [1.807, 2.05) is 31.2 Å². The number of anilines is 1. The molecule has 1 aromatic carbocycles. The summed E-state index contributed by atoms with van der Waals surface area (Å²) in [5, 5.41) is 12.0. The van der Waals surface area contributed by atoms with Crippen LogP contribution in [0, 0.1) is 11.3 Å². The zero-order valence-electron chi connectivity index (χ0n) is 11.2. The maximum absolute atomic E-state index is 12.6. The Kier molecular flexibility index (Phi) is 4.40. The van der Waals surface area contributed by atoms with E-state index in [2.05, 4.69) is 11.4 Å². The second kappa shape index (κ2) is 6.24. The maximum Gasteiger partial charge on any atom is 0.230 e. The molecule has 1 heterocycles. The molecule has 4 nitrogen and oxygen atoms in total. The third kappa shape index (κ3) is 2.87. The summed E-state index contributed by atoms with van der Waals surface area (Å²) >= 11 is 0. The van der Waals surface area contributed by atoms with E-state index < -0.39 is 0 Å². The number of para-hydroxylation sites is 1. The van der Waals surface area contributed by atoms with Crippen molar-refractivity contribution >= 4 is 11.6 Å². The van der Waals surface area contributed by atoms with E-state index in [0.717, 1.165) is 24.2 Å². The Bertz CT molecular complexity index is 492. The molecule has 0 saturated heterocycles. The van der Waals surface area contributed by atoms with Crippen LogP contribution in [0.2, 0.25) is 0 Å². The fourth-order valence-corrected chi connectivity index (χ4v) is 2.55. The first-order chi connectivity index (χ1) is 9.27. The lowest BCUT2D eigenvalue weighted by molar-refractivity contribution is -0.132. The van der Waals surface area contributed by atoms with E-state index in [4.69, 9.17) is 5.26 Å². The Hall–Kier alpha value is -2.02. The first-order valence-electron chi connectivity index (χ1n) is 6.76. The van der Waals surface area contributed by atoms with Crippen LogP contribution in [-0.2, 0) is 4.79 Å². The summed E-state index contributed by atoms with van der Waals surface area (Å²) in [7, 11) is 0. The van der Waals surface area contributed by atoms with E-state index >= 15 is 0 Å². The van der Waals surface area contributed by atoms with Gasteiger partial charge in [-0.2, -0.15) is 5.26 Å². The Labute approximate surface area is 114 Å². The number of hydrogen-bond donors (Lipinski definition) is 1. The molecular formula is C15H19N3O. The normalized spacial score (nSPS) is 16.9. The molecule has 4 heteroatoms. The van der Waals surface area contributed by atoms with Gasteiger partial charge in [-0.3, -0.25) is 4.79 Å². The van der Waals surface area contributed by atoms with Gasteiger partial charge in [-0.1, -0.05) is 18.2 Å². The molecule has 100 valence electrons. The number of nitrogens with one attached hydrogen (secondary N) is 1. The third-order valence-electron chi connectivity index (χ3n) is 3.57. The van der Waals surface area contributed by atoms with Crippen molar-refractivity contribution in [2.45, 2.75) is 25.7 Å². The summed E-state index contributed by atoms with van der Waals surface area (Å²) < 4.78 is 0. The Balaban J connectivity index is 2.18. The number of nitrogens with zero attached hydrogens (tertiary/aromatic N) is 2. The largest absolute Gasteiger partial charge is 0.385 e. The predicted octanol–water partition coefficient (Wildman–Crippen LogP) is 2.35. The number of fused-ring (bicyclic) bond motifs is 1. The second-order valence-electron chi connectivity index (χ2n) is 4.68. The number of rotatable bonds is 4. The minimum atomic E-state index is -0.0731. The molecule has 1 amide bonds. The average molecular weight is 257 g/mol. The highest BCUT2D eigenvalue weighted by molar-refractivity contribution is 5.86. The standard InChI is InChI=1S/C15H19N3O/c1-2-18(11-5-9-16)15(19)13-8-10-17-14-7-4-3-6-12(13)14/h3-4,6-7,13,17H,2,5,8,10-11H2,1H3. The van der Waals surface area contributed by atoms with Gasteiger partial charge >= 0.3 is 0 Å². The number of likely N-dealkylation sites (N-methyl/N-ethyl adjacent to an activating group) is 1. The van der Waals surface area contributed by atoms with Gasteiger partial charge in [-0.05, 0) is 25.0 Å². The summed E-state index contributed by atoms with van der Waals surface area (Å²) in [6.07, 6.45) is 1.21. The van der Waals surface area contributed by atoms with Gasteiger partial charge in [0, 0.05) is 25.3 Å². The third-order valence-corrected chi connectivity index (χ3v) is 3.57. The number of carbonyl (C=O) groups excluding carboxylic acids is 1. The van der Waals surface area contributed by atoms with Gasteiger partial charge in [-0.15, -0.1) is 0 Å². The quantitative estimate of drug-likeness (QED) is 0.900. The van der Waals surface area contributed by atoms with Crippen LogP contribution in [-0.4, -0.2) is 30.4 Å². The topological polar surface area (TPSA) is 56.1 Å². The van der Waals surface area contributed by atoms with Crippen molar-refractivity contribution in [3.63, 3.8) is 0 Å². The molecule has 2 rings (SSSR count). The molecule has 0 radical (unpaired) electrons. The molecule has 0 fully saturated rings. The lowest BCUT2D eigenvalue weighted by atomic mass is 9.89. The van der Waals surface area contributed by atoms with Gasteiger partial charge in [0.05, 0.1) is 18.4 Å². The van der Waals surface area contributed by atoms with Crippen LogP contribution in [0.5, 0.6) is 0 Å². The van der Waals surface area contributed by atoms with Crippen LogP contribution in [0.4, 0.5) is 5.69 Å². The van der Waals surface area contributed by atoms with Gasteiger partial charge in [0.15, 0.2) is 0 Å². The molecular weight excluding hydrogens is 238 g/mol. The zero-order chi connectivity index (χ0) is 13.7. The van der Waals surface area contributed by atoms with Crippen molar-refractivity contribution in [3.05, 3.63) is 29.8 Å². The molecule has 1 N–H and O–H groups in total. The zero-order valence-corrected chi connectivity index (χ0v) is 11.2. The van der Waals surface area contributed by atoms with Gasteiger partial charge in [0.25, 0.3) is 0 Å². The lowest BCUT2D eigenvalue weighted by Crippen LogP contribution is -2.37. The molecule has 1 aliphatic rings. The van der Waals surface area contributed by atoms with E-state index in [1.54, 1.807) is 4.90 Å². The molecule has 0 aliphatic carbocycles. The average Bonchev–Trinajstić information content (AvgIpc) is 2.47. The van der Waals surface area contributed by atoms with Crippen molar-refractivity contribution in [2.75, 3.05) is 25.0 Å². The highest BCUT2D eigenvalue weighted by Gasteiger charge is 2.28. The Morgan fingerprint density at radius 1 is 1.53 bits per heavy atom. The highest BCUT2D eigenvalue weighted by atomic mass is 16.2. The summed E-state index contributed by atoms with van der Waals surface area (Å²) in [6, 6.07) is 10.1. The molecule has 1 unspecified atom stereocenters. The summed E-state index contributed by atoms with van der Waals surface area (Å²) in [5.74, 6) is 0.0720. The van der Waals surface area contributed by atoms with Crippen LogP contribution in [0.15, 0.2) is 24.3 Å². The van der Waals surface area contributed by atoms with E-state index in [-0.39, 0.29) is 11.8 Å². The van der Waals surface area contributed by atoms with Crippen LogP contribution >= 0.6 is 0 Å². The molecule has 1 aliphatic heterocycles. The van der Waals surface area contributed by atoms with Crippen LogP contribution in [0.25, 0.3) is 0 Å². The minimum Gasteiger partial charge on any atom is -0.385 e. The van der Waals surface area contributed by atoms with Crippen molar-refractivity contribution in [1.29, 1.82) is 5.26 Å². The second-order valence-corrected chi connectivity index (χ2v) is 4.68. The van der Waals surface area contributed by atoms with Crippen LogP contribution < -0.4 is 5.32 Å². The van der Waals surface area contributed by atoms with E-state index in [0.29, 0.717) is 19.5 Å². The maximum atomic E-state index is 12.6. The number of nitriles is 1. The Morgan fingerprint density at radius 2 is 2.32 bits per heavy atom. The molecule has 0 spiro atoms. The Morgan fingerprint density at radius 3 is 3.05 bits per heavy atom. The molecule has 1 atom stereocenters. The number of carbonyl (C=O) groups is 1. The van der Waals surface area contributed by atoms with Crippen molar-refractivity contribution in [2.24, 2.45) is 0 Å². The smallest absolute Gasteiger partial charge is 0.230 e. The molecule has 1 aromatic rings. The van der Waals surface area contributed by atoms with E-state index in [9.17, 15) is 4.79 Å². The molecule has 0 aromatic heterocycles. The molecule has 19 heavy (non-hydrogen) atoms. The predicted molar refractivity (Wildman–Crippen MR) is 74.8 cm³/mol. The summed E-state index contributed by atoms with van der Waals surface area (Å²) in [5.41, 5.74) is 2.14. The number of hydrogen-bond acceptors (Lipinski definition) is 3. The summed E-state index contributed by atoms with van der Waals surface area (Å²) in [4.78, 5) is 14.4. The van der Waals surface area contributed by atoms with Gasteiger partial charge in [-0.25, -0.2) is 0 Å². The monoisotopic (exact) mass is 257 g/mol. The van der Waals surface area contributed by atoms with Gasteiger partial charge in [0.1, 0.15) is 0 Å². The van der Waals surface area contributed by atoms with Gasteiger partial charge in [0.2, 0.25) is 5.91 Å². The van der Waals surface area contributed by atoms with Crippen LogP contribution in [0.1, 0.15) is 31.2 Å². The molecule has 0 bridgehead atoms. The van der Waals surface area contributed by atoms with E-state index in [1.165, 1.54) is 0 Å². The first kappa shape index (κ1) is 13.4. The summed E-state index contributed by atoms with van der Waals surface area (Å²) in [6.45, 7) is 3.97. The first-order valence-corrected chi connectivity index (χ1v) is 6.76. The van der Waals surface area contributed by atoms with Crippen molar-refractivity contribution < 1.29 is 4.79 Å². The fraction of sp³-hybridized carbons (Fsp3) is 0.467. The lowest BCUT2D eigenvalue weighted by Gasteiger charge is -2.30.